The van der Waals surface area contributed by atoms with E-state index in [9.17, 15) is 8.78 Å². The molecule has 1 aromatic rings. The molecular weight excluding hydrogens is 246 g/mol. The standard InChI is InChI=1S/C15H22F2N2/c1-11(13-7-5-8-14(16)15(13)17)18-10-12-6-3-4-9-19(12)2/h5,7-8,11-12,18H,3-4,6,9-10H2,1-2H3. The van der Waals surface area contributed by atoms with Gasteiger partial charge in [0.15, 0.2) is 11.6 Å². The van der Waals surface area contributed by atoms with Gasteiger partial charge in [-0.2, -0.15) is 0 Å². The van der Waals surface area contributed by atoms with Gasteiger partial charge in [-0.1, -0.05) is 18.6 Å². The van der Waals surface area contributed by atoms with Gasteiger partial charge >= 0.3 is 0 Å². The second-order valence-corrected chi connectivity index (χ2v) is 5.40. The molecule has 1 saturated heterocycles. The number of benzene rings is 1. The van der Waals surface area contributed by atoms with E-state index in [1.54, 1.807) is 12.1 Å². The van der Waals surface area contributed by atoms with Crippen molar-refractivity contribution in [2.24, 2.45) is 0 Å². The molecule has 2 rings (SSSR count). The van der Waals surface area contributed by atoms with Crippen LogP contribution in [0.2, 0.25) is 0 Å². The third-order valence-electron chi connectivity index (χ3n) is 4.03. The summed E-state index contributed by atoms with van der Waals surface area (Å²) in [5.41, 5.74) is 0.401. The van der Waals surface area contributed by atoms with Gasteiger partial charge in [0.05, 0.1) is 0 Å². The second-order valence-electron chi connectivity index (χ2n) is 5.40. The molecule has 1 heterocycles. The summed E-state index contributed by atoms with van der Waals surface area (Å²) in [5, 5.41) is 3.32. The van der Waals surface area contributed by atoms with Gasteiger partial charge in [0.1, 0.15) is 0 Å². The number of nitrogens with zero attached hydrogens (tertiary/aromatic N) is 1. The van der Waals surface area contributed by atoms with Crippen LogP contribution in [0.1, 0.15) is 37.8 Å². The first-order valence-corrected chi connectivity index (χ1v) is 6.97. The van der Waals surface area contributed by atoms with Crippen molar-refractivity contribution in [1.29, 1.82) is 0 Å². The van der Waals surface area contributed by atoms with Gasteiger partial charge in [-0.3, -0.25) is 0 Å². The Morgan fingerprint density at radius 3 is 2.89 bits per heavy atom. The van der Waals surface area contributed by atoms with Crippen LogP contribution >= 0.6 is 0 Å². The summed E-state index contributed by atoms with van der Waals surface area (Å²) in [5.74, 6) is -1.51. The Kier molecular flexibility index (Phi) is 4.88. The molecule has 0 aliphatic carbocycles. The number of nitrogens with one attached hydrogen (secondary N) is 1. The van der Waals surface area contributed by atoms with Crippen molar-refractivity contribution in [3.05, 3.63) is 35.4 Å². The summed E-state index contributed by atoms with van der Waals surface area (Å²) < 4.78 is 26.9. The van der Waals surface area contributed by atoms with Crippen molar-refractivity contribution in [2.45, 2.75) is 38.3 Å². The van der Waals surface area contributed by atoms with E-state index in [1.807, 2.05) is 6.92 Å². The van der Waals surface area contributed by atoms with E-state index in [4.69, 9.17) is 0 Å². The zero-order valence-corrected chi connectivity index (χ0v) is 11.6. The molecule has 1 N–H and O–H groups in total. The maximum absolute atomic E-state index is 13.7. The number of likely N-dealkylation sites (N-methyl/N-ethyl adjacent to an activating group) is 1. The van der Waals surface area contributed by atoms with E-state index >= 15 is 0 Å². The van der Waals surface area contributed by atoms with Gasteiger partial charge in [-0.25, -0.2) is 8.78 Å². The predicted molar refractivity (Wildman–Crippen MR) is 73.0 cm³/mol. The lowest BCUT2D eigenvalue weighted by Gasteiger charge is -2.33. The van der Waals surface area contributed by atoms with Crippen molar-refractivity contribution in [1.82, 2.24) is 10.2 Å². The fourth-order valence-corrected chi connectivity index (χ4v) is 2.68. The Morgan fingerprint density at radius 2 is 2.16 bits per heavy atom. The molecule has 2 unspecified atom stereocenters. The highest BCUT2D eigenvalue weighted by molar-refractivity contribution is 5.22. The van der Waals surface area contributed by atoms with Crippen LogP contribution in [0.3, 0.4) is 0 Å². The molecule has 2 atom stereocenters. The van der Waals surface area contributed by atoms with E-state index in [1.165, 1.54) is 19.3 Å². The third kappa shape index (κ3) is 3.51. The van der Waals surface area contributed by atoms with Gasteiger partial charge in [-0.15, -0.1) is 0 Å². The molecule has 0 amide bonds. The Bertz CT molecular complexity index is 423. The fraction of sp³-hybridized carbons (Fsp3) is 0.600. The molecule has 1 aromatic carbocycles. The first-order chi connectivity index (χ1) is 9.09. The number of rotatable bonds is 4. The third-order valence-corrected chi connectivity index (χ3v) is 4.03. The summed E-state index contributed by atoms with van der Waals surface area (Å²) in [6.45, 7) is 3.81. The molecule has 0 saturated carbocycles. The minimum Gasteiger partial charge on any atom is -0.309 e. The number of piperidine rings is 1. The van der Waals surface area contributed by atoms with Crippen LogP contribution in [-0.2, 0) is 0 Å². The van der Waals surface area contributed by atoms with E-state index < -0.39 is 11.6 Å². The number of hydrogen-bond donors (Lipinski definition) is 1. The topological polar surface area (TPSA) is 15.3 Å². The summed E-state index contributed by atoms with van der Waals surface area (Å²) >= 11 is 0. The Balaban J connectivity index is 1.93. The molecule has 0 spiro atoms. The van der Waals surface area contributed by atoms with Crippen LogP contribution in [0.5, 0.6) is 0 Å². The lowest BCUT2D eigenvalue weighted by atomic mass is 10.0. The Morgan fingerprint density at radius 1 is 1.37 bits per heavy atom. The normalized spacial score (nSPS) is 22.4. The first-order valence-electron chi connectivity index (χ1n) is 6.97. The highest BCUT2D eigenvalue weighted by atomic mass is 19.2. The van der Waals surface area contributed by atoms with Crippen molar-refractivity contribution in [3.63, 3.8) is 0 Å². The van der Waals surface area contributed by atoms with Crippen molar-refractivity contribution in [2.75, 3.05) is 20.1 Å². The quantitative estimate of drug-likeness (QED) is 0.902. The molecular formula is C15H22F2N2. The summed E-state index contributed by atoms with van der Waals surface area (Å²) in [7, 11) is 2.12. The molecule has 0 radical (unpaired) electrons. The van der Waals surface area contributed by atoms with Gasteiger partial charge in [0, 0.05) is 24.2 Å². The maximum atomic E-state index is 13.7. The van der Waals surface area contributed by atoms with Crippen molar-refractivity contribution >= 4 is 0 Å². The minimum absolute atomic E-state index is 0.175. The van der Waals surface area contributed by atoms with Crippen LogP contribution in [0.25, 0.3) is 0 Å². The van der Waals surface area contributed by atoms with Crippen LogP contribution in [0, 0.1) is 11.6 Å². The highest BCUT2D eigenvalue weighted by Gasteiger charge is 2.20. The van der Waals surface area contributed by atoms with E-state index in [-0.39, 0.29) is 6.04 Å². The van der Waals surface area contributed by atoms with Crippen LogP contribution in [0.15, 0.2) is 18.2 Å². The molecule has 19 heavy (non-hydrogen) atoms. The number of likely N-dealkylation sites (tertiary alicyclic amines) is 1. The molecule has 2 nitrogen and oxygen atoms in total. The van der Waals surface area contributed by atoms with E-state index in [0.29, 0.717) is 11.6 Å². The molecule has 1 fully saturated rings. The summed E-state index contributed by atoms with van der Waals surface area (Å²) in [6.07, 6.45) is 3.67. The molecule has 4 heteroatoms. The Hall–Kier alpha value is -1.00. The number of halogens is 2. The zero-order valence-electron chi connectivity index (χ0n) is 11.6. The minimum atomic E-state index is -0.777. The predicted octanol–water partition coefficient (Wildman–Crippen LogP) is 3.10. The second kappa shape index (κ2) is 6.44. The van der Waals surface area contributed by atoms with Gasteiger partial charge in [0.25, 0.3) is 0 Å². The van der Waals surface area contributed by atoms with E-state index in [0.717, 1.165) is 19.2 Å². The summed E-state index contributed by atoms with van der Waals surface area (Å²) in [6, 6.07) is 4.67. The van der Waals surface area contributed by atoms with Crippen LogP contribution in [0.4, 0.5) is 8.78 Å². The van der Waals surface area contributed by atoms with E-state index in [2.05, 4.69) is 17.3 Å². The van der Waals surface area contributed by atoms with Crippen LogP contribution < -0.4 is 5.32 Å². The molecule has 0 aromatic heterocycles. The average molecular weight is 268 g/mol. The highest BCUT2D eigenvalue weighted by Crippen LogP contribution is 2.20. The maximum Gasteiger partial charge on any atom is 0.163 e. The molecule has 1 aliphatic heterocycles. The smallest absolute Gasteiger partial charge is 0.163 e. The lowest BCUT2D eigenvalue weighted by Crippen LogP contribution is -2.43. The van der Waals surface area contributed by atoms with Gasteiger partial charge in [0.2, 0.25) is 0 Å². The average Bonchev–Trinajstić information content (AvgIpc) is 2.40. The fourth-order valence-electron chi connectivity index (χ4n) is 2.68. The monoisotopic (exact) mass is 268 g/mol. The SMILES string of the molecule is CC(NCC1CCCCN1C)c1cccc(F)c1F. The van der Waals surface area contributed by atoms with Gasteiger partial charge in [-0.05, 0) is 39.4 Å². The van der Waals surface area contributed by atoms with Gasteiger partial charge < -0.3 is 10.2 Å². The van der Waals surface area contributed by atoms with Crippen molar-refractivity contribution < 1.29 is 8.78 Å². The first kappa shape index (κ1) is 14.4. The number of hydrogen-bond acceptors (Lipinski definition) is 2. The molecule has 1 aliphatic rings. The molecule has 0 bridgehead atoms. The van der Waals surface area contributed by atoms with Crippen LogP contribution in [-0.4, -0.2) is 31.1 Å². The van der Waals surface area contributed by atoms with Crippen molar-refractivity contribution in [3.8, 4) is 0 Å². The summed E-state index contributed by atoms with van der Waals surface area (Å²) in [4.78, 5) is 2.34. The zero-order chi connectivity index (χ0) is 13.8. The Labute approximate surface area is 113 Å². The molecule has 106 valence electrons. The largest absolute Gasteiger partial charge is 0.309 e. The lowest BCUT2D eigenvalue weighted by molar-refractivity contribution is 0.178.